The van der Waals surface area contributed by atoms with E-state index in [1.807, 2.05) is 0 Å². The quantitative estimate of drug-likeness (QED) is 0.764. The average Bonchev–Trinajstić information content (AvgIpc) is 2.63. The maximum Gasteiger partial charge on any atom is 0.340 e. The van der Waals surface area contributed by atoms with Gasteiger partial charge in [0.05, 0.1) is 5.56 Å². The first-order valence-corrected chi connectivity index (χ1v) is 4.72. The first-order chi connectivity index (χ1) is 8.06. The Balaban J connectivity index is 2.23. The standard InChI is InChI=1S/C10H10N4O3/c1-14-5-12-10(13-14)17-6-2-3-7(9(15)16)8(11)4-6/h2-5H,11H2,1H3,(H,15,16). The van der Waals surface area contributed by atoms with Crippen LogP contribution in [0.25, 0.3) is 0 Å². The van der Waals surface area contributed by atoms with Gasteiger partial charge in [-0.3, -0.25) is 4.68 Å². The van der Waals surface area contributed by atoms with Crippen molar-refractivity contribution < 1.29 is 14.6 Å². The molecule has 1 aromatic carbocycles. The van der Waals surface area contributed by atoms with Crippen molar-refractivity contribution >= 4 is 11.7 Å². The van der Waals surface area contributed by atoms with Crippen molar-refractivity contribution in [2.24, 2.45) is 7.05 Å². The summed E-state index contributed by atoms with van der Waals surface area (Å²) in [5.74, 6) is -0.691. The van der Waals surface area contributed by atoms with Crippen LogP contribution in [0.4, 0.5) is 5.69 Å². The predicted octanol–water partition coefficient (Wildman–Crippen LogP) is 0.888. The minimum absolute atomic E-state index is 0.0336. The van der Waals surface area contributed by atoms with Gasteiger partial charge in [-0.2, -0.15) is 4.98 Å². The maximum atomic E-state index is 10.7. The number of carboxylic acids is 1. The van der Waals surface area contributed by atoms with E-state index in [4.69, 9.17) is 15.6 Å². The predicted molar refractivity (Wildman–Crippen MR) is 58.9 cm³/mol. The molecule has 3 N–H and O–H groups in total. The van der Waals surface area contributed by atoms with Crippen molar-refractivity contribution in [1.29, 1.82) is 0 Å². The number of ether oxygens (including phenoxy) is 1. The molecule has 1 aromatic heterocycles. The molecule has 2 rings (SSSR count). The van der Waals surface area contributed by atoms with E-state index in [1.165, 1.54) is 29.2 Å². The Hall–Kier alpha value is -2.57. The summed E-state index contributed by atoms with van der Waals surface area (Å²) in [5, 5.41) is 12.7. The van der Waals surface area contributed by atoms with Gasteiger partial charge < -0.3 is 15.6 Å². The molecular formula is C10H10N4O3. The fraction of sp³-hybridized carbons (Fsp3) is 0.100. The fourth-order valence-corrected chi connectivity index (χ4v) is 1.27. The van der Waals surface area contributed by atoms with Crippen molar-refractivity contribution in [3.63, 3.8) is 0 Å². The fourth-order valence-electron chi connectivity index (χ4n) is 1.27. The lowest BCUT2D eigenvalue weighted by Gasteiger charge is -2.04. The highest BCUT2D eigenvalue weighted by Crippen LogP contribution is 2.23. The van der Waals surface area contributed by atoms with Gasteiger partial charge in [0, 0.05) is 18.8 Å². The number of hydrogen-bond donors (Lipinski definition) is 2. The molecule has 0 saturated heterocycles. The molecule has 0 radical (unpaired) electrons. The van der Waals surface area contributed by atoms with Crippen LogP contribution < -0.4 is 10.5 Å². The molecule has 7 heteroatoms. The summed E-state index contributed by atoms with van der Waals surface area (Å²) in [6, 6.07) is 4.46. The van der Waals surface area contributed by atoms with Gasteiger partial charge in [-0.1, -0.05) is 0 Å². The number of aryl methyl sites for hydroxylation is 1. The van der Waals surface area contributed by atoms with Crippen LogP contribution in [0.3, 0.4) is 0 Å². The van der Waals surface area contributed by atoms with Gasteiger partial charge in [0.2, 0.25) is 0 Å². The molecular weight excluding hydrogens is 224 g/mol. The molecule has 17 heavy (non-hydrogen) atoms. The molecule has 7 nitrogen and oxygen atoms in total. The summed E-state index contributed by atoms with van der Waals surface area (Å²) in [5.41, 5.74) is 5.74. The van der Waals surface area contributed by atoms with Crippen molar-refractivity contribution in [1.82, 2.24) is 14.8 Å². The van der Waals surface area contributed by atoms with Gasteiger partial charge in [-0.15, -0.1) is 5.10 Å². The van der Waals surface area contributed by atoms with E-state index in [-0.39, 0.29) is 17.3 Å². The summed E-state index contributed by atoms with van der Waals surface area (Å²) in [4.78, 5) is 14.6. The number of nitrogen functional groups attached to an aromatic ring is 1. The highest BCUT2D eigenvalue weighted by Gasteiger charge is 2.09. The Labute approximate surface area is 96.5 Å². The van der Waals surface area contributed by atoms with Gasteiger partial charge >= 0.3 is 12.0 Å². The molecule has 0 aliphatic heterocycles. The van der Waals surface area contributed by atoms with E-state index in [0.29, 0.717) is 5.75 Å². The number of carboxylic acid groups (broad SMARTS) is 1. The van der Waals surface area contributed by atoms with Crippen LogP contribution in [-0.4, -0.2) is 25.8 Å². The first-order valence-electron chi connectivity index (χ1n) is 4.72. The Morgan fingerprint density at radius 3 is 2.82 bits per heavy atom. The molecule has 2 aromatic rings. The van der Waals surface area contributed by atoms with Crippen LogP contribution in [0.15, 0.2) is 24.5 Å². The van der Waals surface area contributed by atoms with Crippen molar-refractivity contribution in [2.45, 2.75) is 0 Å². The Morgan fingerprint density at radius 2 is 2.29 bits per heavy atom. The molecule has 0 saturated carbocycles. The smallest absolute Gasteiger partial charge is 0.340 e. The molecule has 0 unspecified atom stereocenters. The average molecular weight is 234 g/mol. The molecule has 0 amide bonds. The second-order valence-electron chi connectivity index (χ2n) is 3.36. The number of benzene rings is 1. The van der Waals surface area contributed by atoms with E-state index in [2.05, 4.69) is 10.1 Å². The molecule has 0 bridgehead atoms. The third kappa shape index (κ3) is 2.33. The highest BCUT2D eigenvalue weighted by molar-refractivity contribution is 5.93. The summed E-state index contributed by atoms with van der Waals surface area (Å²) in [7, 11) is 1.71. The van der Waals surface area contributed by atoms with Gasteiger partial charge in [-0.25, -0.2) is 4.79 Å². The van der Waals surface area contributed by atoms with Gasteiger partial charge in [0.1, 0.15) is 12.1 Å². The number of hydrogen-bond acceptors (Lipinski definition) is 5. The second kappa shape index (κ2) is 4.12. The van der Waals surface area contributed by atoms with E-state index in [0.717, 1.165) is 0 Å². The number of nitrogens with zero attached hydrogens (tertiary/aromatic N) is 3. The van der Waals surface area contributed by atoms with Gasteiger partial charge in [-0.05, 0) is 12.1 Å². The molecule has 0 spiro atoms. The highest BCUT2D eigenvalue weighted by atomic mass is 16.5. The number of nitrogens with two attached hydrogens (primary N) is 1. The Bertz CT molecular complexity index is 564. The minimum atomic E-state index is -1.08. The third-order valence-corrected chi connectivity index (χ3v) is 2.04. The normalized spacial score (nSPS) is 10.2. The lowest BCUT2D eigenvalue weighted by molar-refractivity contribution is 0.0698. The number of anilines is 1. The zero-order valence-electron chi connectivity index (χ0n) is 8.99. The van der Waals surface area contributed by atoms with Gasteiger partial charge in [0.15, 0.2) is 0 Å². The largest absolute Gasteiger partial charge is 0.478 e. The zero-order chi connectivity index (χ0) is 12.4. The van der Waals surface area contributed by atoms with Crippen molar-refractivity contribution in [3.05, 3.63) is 30.1 Å². The van der Waals surface area contributed by atoms with Crippen LogP contribution in [0, 0.1) is 0 Å². The molecule has 0 aliphatic rings. The monoisotopic (exact) mass is 234 g/mol. The lowest BCUT2D eigenvalue weighted by atomic mass is 10.2. The number of carbonyl (C=O) groups is 1. The van der Waals surface area contributed by atoms with E-state index < -0.39 is 5.97 Å². The first kappa shape index (κ1) is 10.9. The van der Waals surface area contributed by atoms with Crippen LogP contribution in [0.5, 0.6) is 11.8 Å². The minimum Gasteiger partial charge on any atom is -0.478 e. The molecule has 0 aliphatic carbocycles. The summed E-state index contributed by atoms with van der Waals surface area (Å²) in [6.07, 6.45) is 1.49. The van der Waals surface area contributed by atoms with Crippen LogP contribution in [0.2, 0.25) is 0 Å². The Kier molecular flexibility index (Phi) is 2.65. The number of aromatic carboxylic acids is 1. The molecule has 88 valence electrons. The third-order valence-electron chi connectivity index (χ3n) is 2.04. The number of rotatable bonds is 3. The second-order valence-corrected chi connectivity index (χ2v) is 3.36. The van der Waals surface area contributed by atoms with E-state index in [1.54, 1.807) is 7.05 Å². The zero-order valence-corrected chi connectivity index (χ0v) is 8.99. The summed E-state index contributed by atoms with van der Waals surface area (Å²) in [6.45, 7) is 0. The molecule has 0 atom stereocenters. The Morgan fingerprint density at radius 1 is 1.53 bits per heavy atom. The van der Waals surface area contributed by atoms with Crippen LogP contribution >= 0.6 is 0 Å². The lowest BCUT2D eigenvalue weighted by Crippen LogP contribution is -2.02. The van der Waals surface area contributed by atoms with Crippen molar-refractivity contribution in [3.8, 4) is 11.8 Å². The van der Waals surface area contributed by atoms with Crippen LogP contribution in [0.1, 0.15) is 10.4 Å². The molecule has 0 fully saturated rings. The number of aromatic nitrogens is 3. The summed E-state index contributed by atoms with van der Waals surface area (Å²) < 4.78 is 6.79. The van der Waals surface area contributed by atoms with Gasteiger partial charge in [0.25, 0.3) is 0 Å². The maximum absolute atomic E-state index is 10.7. The van der Waals surface area contributed by atoms with Crippen molar-refractivity contribution in [2.75, 3.05) is 5.73 Å². The van der Waals surface area contributed by atoms with Crippen LogP contribution in [-0.2, 0) is 7.05 Å². The topological polar surface area (TPSA) is 103 Å². The SMILES string of the molecule is Cn1cnc(Oc2ccc(C(=O)O)c(N)c2)n1. The van der Waals surface area contributed by atoms with E-state index >= 15 is 0 Å². The summed E-state index contributed by atoms with van der Waals surface area (Å²) >= 11 is 0. The van der Waals surface area contributed by atoms with E-state index in [9.17, 15) is 4.79 Å². The molecule has 1 heterocycles.